The summed E-state index contributed by atoms with van der Waals surface area (Å²) in [5, 5.41) is 14.4. The lowest BCUT2D eigenvalue weighted by atomic mass is 10.0. The van der Waals surface area contributed by atoms with Crippen LogP contribution in [0.1, 0.15) is 31.7 Å². The Labute approximate surface area is 220 Å². The van der Waals surface area contributed by atoms with Gasteiger partial charge in [0, 0.05) is 37.0 Å². The van der Waals surface area contributed by atoms with E-state index in [1.54, 1.807) is 34.2 Å². The second kappa shape index (κ2) is 11.5. The van der Waals surface area contributed by atoms with Crippen LogP contribution in [0.15, 0.2) is 79.0 Å². The molecule has 2 aliphatic rings. The van der Waals surface area contributed by atoms with Gasteiger partial charge in [-0.15, -0.1) is 0 Å². The first-order chi connectivity index (χ1) is 18.6. The van der Waals surface area contributed by atoms with Crippen molar-refractivity contribution in [3.8, 4) is 29.0 Å². The number of hydrogen-bond acceptors (Lipinski definition) is 8. The molecule has 1 amide bonds. The lowest BCUT2D eigenvalue weighted by Gasteiger charge is -2.33. The number of ether oxygens (including phenoxy) is 1. The van der Waals surface area contributed by atoms with Gasteiger partial charge in [-0.05, 0) is 49.8 Å². The SMILES string of the molecule is N#CC(=CC1CC1)C(=O)N1CCCC(n2cncnc(N)cc(-c3ccc(Oc4ccccc4)nc3)n2)C1. The first-order valence-corrected chi connectivity index (χ1v) is 12.6. The summed E-state index contributed by atoms with van der Waals surface area (Å²) in [6.07, 6.45) is 10.1. The Kier molecular flexibility index (Phi) is 7.54. The van der Waals surface area contributed by atoms with Crippen molar-refractivity contribution in [2.24, 2.45) is 5.92 Å². The smallest absolute Gasteiger partial charge is 0.264 e. The zero-order chi connectivity index (χ0) is 26.3. The van der Waals surface area contributed by atoms with Crippen LogP contribution in [0.4, 0.5) is 5.82 Å². The third-order valence-electron chi connectivity index (χ3n) is 6.40. The zero-order valence-corrected chi connectivity index (χ0v) is 20.8. The van der Waals surface area contributed by atoms with Crippen LogP contribution in [0.2, 0.25) is 0 Å². The number of para-hydroxylation sites is 1. The van der Waals surface area contributed by atoms with E-state index in [2.05, 4.69) is 21.0 Å². The number of rotatable bonds is 6. The van der Waals surface area contributed by atoms with Crippen LogP contribution in [0.3, 0.4) is 0 Å². The fourth-order valence-corrected chi connectivity index (χ4v) is 4.25. The molecule has 2 aromatic heterocycles. The van der Waals surface area contributed by atoms with Crippen molar-refractivity contribution < 1.29 is 9.53 Å². The molecule has 192 valence electrons. The maximum absolute atomic E-state index is 13.1. The van der Waals surface area contributed by atoms with E-state index < -0.39 is 0 Å². The van der Waals surface area contributed by atoms with Crippen molar-refractivity contribution in [1.82, 2.24) is 29.6 Å². The molecule has 0 bridgehead atoms. The Morgan fingerprint density at radius 3 is 2.71 bits per heavy atom. The third kappa shape index (κ3) is 6.31. The van der Waals surface area contributed by atoms with Gasteiger partial charge in [0.2, 0.25) is 5.88 Å². The Morgan fingerprint density at radius 1 is 1.13 bits per heavy atom. The second-order valence-electron chi connectivity index (χ2n) is 9.32. The molecular formula is C28H28N8O2. The van der Waals surface area contributed by atoms with E-state index in [4.69, 9.17) is 15.6 Å². The van der Waals surface area contributed by atoms with Crippen LogP contribution in [0.25, 0.3) is 11.3 Å². The number of anilines is 1. The normalized spacial score (nSPS) is 17.3. The number of amides is 1. The van der Waals surface area contributed by atoms with Gasteiger partial charge in [0.1, 0.15) is 35.9 Å². The fraction of sp³-hybridized carbons (Fsp3) is 0.286. The second-order valence-corrected chi connectivity index (χ2v) is 9.32. The first-order valence-electron chi connectivity index (χ1n) is 12.6. The molecule has 5 rings (SSSR count). The molecule has 1 aliphatic heterocycles. The number of piperidine rings is 1. The van der Waals surface area contributed by atoms with E-state index >= 15 is 0 Å². The summed E-state index contributed by atoms with van der Waals surface area (Å²) >= 11 is 0. The number of benzene rings is 1. The number of carbonyl (C=O) groups excluding carboxylic acids is 1. The van der Waals surface area contributed by atoms with E-state index in [-0.39, 0.29) is 23.3 Å². The molecule has 1 aliphatic carbocycles. The summed E-state index contributed by atoms with van der Waals surface area (Å²) < 4.78 is 7.54. The molecule has 10 heteroatoms. The number of likely N-dealkylation sites (tertiary alicyclic amines) is 1. The summed E-state index contributed by atoms with van der Waals surface area (Å²) in [5.74, 6) is 1.51. The Balaban J connectivity index is 1.41. The molecule has 1 atom stereocenters. The predicted molar refractivity (Wildman–Crippen MR) is 141 cm³/mol. The summed E-state index contributed by atoms with van der Waals surface area (Å²) in [5.41, 5.74) is 7.55. The number of nitrogen functional groups attached to an aromatic ring is 1. The molecular weight excluding hydrogens is 480 g/mol. The summed E-state index contributed by atoms with van der Waals surface area (Å²) in [7, 11) is 0. The Bertz CT molecular complexity index is 1410. The molecule has 10 nitrogen and oxygen atoms in total. The number of hydrogen-bond donors (Lipinski definition) is 1. The zero-order valence-electron chi connectivity index (χ0n) is 20.8. The van der Waals surface area contributed by atoms with E-state index in [0.717, 1.165) is 25.7 Å². The number of carbonyl (C=O) groups is 1. The van der Waals surface area contributed by atoms with Crippen molar-refractivity contribution in [2.45, 2.75) is 31.7 Å². The van der Waals surface area contributed by atoms with Crippen molar-refractivity contribution >= 4 is 11.7 Å². The molecule has 1 aromatic carbocycles. The van der Waals surface area contributed by atoms with Crippen molar-refractivity contribution in [2.75, 3.05) is 18.8 Å². The maximum Gasteiger partial charge on any atom is 0.264 e. The molecule has 2 fully saturated rings. The topological polar surface area (TPSA) is 136 Å². The van der Waals surface area contributed by atoms with E-state index in [1.807, 2.05) is 42.5 Å². The quantitative estimate of drug-likeness (QED) is 0.385. The van der Waals surface area contributed by atoms with Crippen LogP contribution in [-0.2, 0) is 4.79 Å². The number of allylic oxidation sites excluding steroid dienone is 1. The van der Waals surface area contributed by atoms with Gasteiger partial charge >= 0.3 is 0 Å². The van der Waals surface area contributed by atoms with Crippen LogP contribution >= 0.6 is 0 Å². The number of nitrogens with two attached hydrogens (primary N) is 1. The van der Waals surface area contributed by atoms with Gasteiger partial charge in [-0.1, -0.05) is 24.3 Å². The first kappa shape index (κ1) is 24.9. The van der Waals surface area contributed by atoms with Crippen molar-refractivity contribution in [3.05, 3.63) is 79.0 Å². The number of aromatic nitrogens is 5. The molecule has 3 heterocycles. The van der Waals surface area contributed by atoms with Gasteiger partial charge in [0.15, 0.2) is 0 Å². The highest BCUT2D eigenvalue weighted by atomic mass is 16.5. The average molecular weight is 509 g/mol. The molecule has 1 saturated carbocycles. The van der Waals surface area contributed by atoms with Gasteiger partial charge in [0.25, 0.3) is 5.91 Å². The number of nitrogens with zero attached hydrogens (tertiary/aromatic N) is 7. The van der Waals surface area contributed by atoms with E-state index in [9.17, 15) is 10.1 Å². The molecule has 2 N–H and O–H groups in total. The lowest BCUT2D eigenvalue weighted by molar-refractivity contribution is -0.128. The predicted octanol–water partition coefficient (Wildman–Crippen LogP) is 4.26. The number of nitriles is 1. The fourth-order valence-electron chi connectivity index (χ4n) is 4.25. The van der Waals surface area contributed by atoms with Crippen molar-refractivity contribution in [3.63, 3.8) is 0 Å². The molecule has 0 radical (unpaired) electrons. The molecule has 38 heavy (non-hydrogen) atoms. The van der Waals surface area contributed by atoms with Crippen LogP contribution in [0.5, 0.6) is 11.6 Å². The van der Waals surface area contributed by atoms with Gasteiger partial charge in [-0.2, -0.15) is 10.4 Å². The highest BCUT2D eigenvalue weighted by molar-refractivity contribution is 5.97. The van der Waals surface area contributed by atoms with Crippen LogP contribution < -0.4 is 10.5 Å². The van der Waals surface area contributed by atoms with Crippen LogP contribution in [-0.4, -0.2) is 48.6 Å². The molecule has 1 unspecified atom stereocenters. The largest absolute Gasteiger partial charge is 0.439 e. The third-order valence-corrected chi connectivity index (χ3v) is 6.40. The van der Waals surface area contributed by atoms with E-state index in [1.165, 1.54) is 6.33 Å². The molecule has 1 saturated heterocycles. The average Bonchev–Trinajstić information content (AvgIpc) is 3.76. The van der Waals surface area contributed by atoms with E-state index in [0.29, 0.717) is 41.9 Å². The highest BCUT2D eigenvalue weighted by Gasteiger charge is 2.29. The molecule has 3 aromatic rings. The van der Waals surface area contributed by atoms with Gasteiger partial charge in [-0.3, -0.25) is 4.79 Å². The minimum Gasteiger partial charge on any atom is -0.439 e. The lowest BCUT2D eigenvalue weighted by Crippen LogP contribution is -2.41. The van der Waals surface area contributed by atoms with Gasteiger partial charge in [-0.25, -0.2) is 19.6 Å². The highest BCUT2D eigenvalue weighted by Crippen LogP contribution is 2.32. The number of pyridine rings is 1. The minimum absolute atomic E-state index is 0.137. The standard InChI is InChI=1S/C28H28N8O2/c29-15-22(13-20-8-9-20)28(37)35-12-4-5-23(17-35)36-19-31-18-33-26(30)14-25(34-36)21-10-11-27(32-16-21)38-24-6-2-1-3-7-24/h1-3,6-7,10-11,13-14,16,18-20,23H,4-5,8-9,12,17,30H2. The summed E-state index contributed by atoms with van der Waals surface area (Å²) in [6.45, 7) is 1.02. The summed E-state index contributed by atoms with van der Waals surface area (Å²) in [6, 6.07) is 16.6. The van der Waals surface area contributed by atoms with Gasteiger partial charge in [0.05, 0.1) is 11.7 Å². The van der Waals surface area contributed by atoms with Gasteiger partial charge < -0.3 is 15.4 Å². The van der Waals surface area contributed by atoms with Crippen LogP contribution in [0, 0.1) is 17.2 Å². The maximum atomic E-state index is 13.1. The summed E-state index contributed by atoms with van der Waals surface area (Å²) in [4.78, 5) is 27.6. The minimum atomic E-state index is -0.224. The molecule has 0 spiro atoms. The Hall–Kier alpha value is -4.78. The Morgan fingerprint density at radius 2 is 1.97 bits per heavy atom. The van der Waals surface area contributed by atoms with Crippen molar-refractivity contribution in [1.29, 1.82) is 5.26 Å². The monoisotopic (exact) mass is 508 g/mol.